The summed E-state index contributed by atoms with van der Waals surface area (Å²) in [4.78, 5) is 27.4. The number of aryl methyl sites for hydroxylation is 2. The molecule has 0 fully saturated rings. The lowest BCUT2D eigenvalue weighted by Crippen LogP contribution is -2.24. The Labute approximate surface area is 138 Å². The molecular formula is C18H19N3O3. The quantitative estimate of drug-likeness (QED) is 0.721. The van der Waals surface area contributed by atoms with Crippen LogP contribution in [0.25, 0.3) is 11.0 Å². The van der Waals surface area contributed by atoms with Crippen LogP contribution in [0.5, 0.6) is 5.75 Å². The summed E-state index contributed by atoms with van der Waals surface area (Å²) < 4.78 is 6.47. The second-order valence-electron chi connectivity index (χ2n) is 5.70. The van der Waals surface area contributed by atoms with Gasteiger partial charge in [0.25, 0.3) is 0 Å². The van der Waals surface area contributed by atoms with E-state index in [1.807, 2.05) is 31.2 Å². The number of H-pyrrole nitrogens is 1. The zero-order valence-electron chi connectivity index (χ0n) is 13.6. The number of nitrogens with one attached hydrogen (secondary N) is 1. The van der Waals surface area contributed by atoms with Crippen LogP contribution >= 0.6 is 0 Å². The lowest BCUT2D eigenvalue weighted by molar-refractivity contribution is 0.0904. The minimum absolute atomic E-state index is 0.205. The monoisotopic (exact) mass is 325 g/mol. The van der Waals surface area contributed by atoms with Crippen molar-refractivity contribution in [3.63, 3.8) is 0 Å². The predicted molar refractivity (Wildman–Crippen MR) is 93.6 cm³/mol. The average Bonchev–Trinajstić information content (AvgIpc) is 2.88. The molecule has 3 rings (SSSR count). The molecule has 2 aromatic carbocycles. The molecule has 0 aliphatic carbocycles. The molecule has 0 atom stereocenters. The number of carbonyl (C=O) groups excluding carboxylic acids is 1. The Hall–Kier alpha value is -3.02. The first kappa shape index (κ1) is 15.9. The molecule has 6 nitrogen and oxygen atoms in total. The molecule has 0 unspecified atom stereocenters. The number of fused-ring (bicyclic) bond motifs is 1. The molecule has 0 aliphatic heterocycles. The van der Waals surface area contributed by atoms with Gasteiger partial charge in [-0.2, -0.15) is 0 Å². The van der Waals surface area contributed by atoms with E-state index < -0.39 is 5.69 Å². The van der Waals surface area contributed by atoms with E-state index in [1.165, 1.54) is 4.57 Å². The summed E-state index contributed by atoms with van der Waals surface area (Å²) >= 11 is 0. The van der Waals surface area contributed by atoms with Crippen molar-refractivity contribution in [1.29, 1.82) is 0 Å². The number of nitrogens with two attached hydrogens (primary N) is 1. The Morgan fingerprint density at radius 3 is 2.79 bits per heavy atom. The van der Waals surface area contributed by atoms with Gasteiger partial charge in [-0.15, -0.1) is 0 Å². The van der Waals surface area contributed by atoms with Gasteiger partial charge < -0.3 is 15.5 Å². The maximum Gasteiger partial charge on any atom is 0.333 e. The zero-order valence-corrected chi connectivity index (χ0v) is 13.6. The van der Waals surface area contributed by atoms with E-state index in [2.05, 4.69) is 4.98 Å². The van der Waals surface area contributed by atoms with Crippen LogP contribution in [0.2, 0.25) is 0 Å². The lowest BCUT2D eigenvalue weighted by Gasteiger charge is -2.08. The summed E-state index contributed by atoms with van der Waals surface area (Å²) in [7, 11) is 1.60. The molecule has 6 heteroatoms. The SMILES string of the molecule is COc1ccccc1CCC(=O)n1c(=O)[nH]c2cc(N)c(C)cc21. The largest absolute Gasteiger partial charge is 0.496 e. The van der Waals surface area contributed by atoms with Crippen molar-refractivity contribution in [2.45, 2.75) is 19.8 Å². The number of imidazole rings is 1. The summed E-state index contributed by atoms with van der Waals surface area (Å²) in [6, 6.07) is 11.0. The second kappa shape index (κ2) is 6.23. The minimum atomic E-state index is -0.444. The van der Waals surface area contributed by atoms with Gasteiger partial charge in [-0.25, -0.2) is 9.36 Å². The molecule has 1 aromatic heterocycles. The predicted octanol–water partition coefficient (Wildman–Crippen LogP) is 2.50. The first-order valence-corrected chi connectivity index (χ1v) is 7.67. The van der Waals surface area contributed by atoms with Crippen molar-refractivity contribution in [2.24, 2.45) is 0 Å². The van der Waals surface area contributed by atoms with Crippen LogP contribution in [0, 0.1) is 6.92 Å². The highest BCUT2D eigenvalue weighted by Crippen LogP contribution is 2.21. The number of anilines is 1. The number of hydrogen-bond acceptors (Lipinski definition) is 4. The fraction of sp³-hybridized carbons (Fsp3) is 0.222. The number of ether oxygens (including phenoxy) is 1. The van der Waals surface area contributed by atoms with Crippen LogP contribution in [-0.2, 0) is 6.42 Å². The van der Waals surface area contributed by atoms with Crippen molar-refractivity contribution in [2.75, 3.05) is 12.8 Å². The van der Waals surface area contributed by atoms with E-state index in [0.29, 0.717) is 23.1 Å². The van der Waals surface area contributed by atoms with Crippen LogP contribution in [0.1, 0.15) is 22.3 Å². The molecule has 0 spiro atoms. The third-order valence-electron chi connectivity index (χ3n) is 4.12. The second-order valence-corrected chi connectivity index (χ2v) is 5.70. The van der Waals surface area contributed by atoms with E-state index in [9.17, 15) is 9.59 Å². The minimum Gasteiger partial charge on any atom is -0.496 e. The first-order valence-electron chi connectivity index (χ1n) is 7.67. The number of nitrogens with zero attached hydrogens (tertiary/aromatic N) is 1. The van der Waals surface area contributed by atoms with Gasteiger partial charge in [-0.1, -0.05) is 18.2 Å². The molecule has 24 heavy (non-hydrogen) atoms. The average molecular weight is 325 g/mol. The van der Waals surface area contributed by atoms with Crippen molar-refractivity contribution in [1.82, 2.24) is 9.55 Å². The van der Waals surface area contributed by atoms with Gasteiger partial charge >= 0.3 is 5.69 Å². The van der Waals surface area contributed by atoms with Crippen molar-refractivity contribution < 1.29 is 9.53 Å². The Balaban J connectivity index is 1.90. The Morgan fingerprint density at radius 1 is 1.29 bits per heavy atom. The number of methoxy groups -OCH3 is 1. The highest BCUT2D eigenvalue weighted by molar-refractivity contribution is 5.92. The van der Waals surface area contributed by atoms with Crippen LogP contribution in [0.15, 0.2) is 41.2 Å². The van der Waals surface area contributed by atoms with Crippen molar-refractivity contribution in [3.05, 3.63) is 58.0 Å². The molecular weight excluding hydrogens is 306 g/mol. The Bertz CT molecular complexity index is 969. The molecule has 0 saturated carbocycles. The van der Waals surface area contributed by atoms with Crippen LogP contribution in [-0.4, -0.2) is 22.6 Å². The zero-order chi connectivity index (χ0) is 17.3. The van der Waals surface area contributed by atoms with Crippen LogP contribution in [0.3, 0.4) is 0 Å². The van der Waals surface area contributed by atoms with Crippen molar-refractivity contribution in [3.8, 4) is 5.75 Å². The smallest absolute Gasteiger partial charge is 0.333 e. The van der Waals surface area contributed by atoms with Gasteiger partial charge in [0.1, 0.15) is 5.75 Å². The van der Waals surface area contributed by atoms with E-state index in [1.54, 1.807) is 19.2 Å². The Kier molecular flexibility index (Phi) is 4.12. The van der Waals surface area contributed by atoms with Gasteiger partial charge in [0.2, 0.25) is 5.91 Å². The normalized spacial score (nSPS) is 10.9. The van der Waals surface area contributed by atoms with E-state index in [0.717, 1.165) is 16.9 Å². The summed E-state index contributed by atoms with van der Waals surface area (Å²) in [5.41, 5.74) is 8.87. The fourth-order valence-corrected chi connectivity index (χ4v) is 2.79. The molecule has 3 aromatic rings. The molecule has 0 saturated heterocycles. The standard InChI is InChI=1S/C18H19N3O3/c1-11-9-15-14(10-13(11)19)20-18(23)21(15)17(22)8-7-12-5-3-4-6-16(12)24-2/h3-6,9-10H,7-8,19H2,1-2H3,(H,20,23). The van der Waals surface area contributed by atoms with Crippen LogP contribution in [0.4, 0.5) is 5.69 Å². The number of rotatable bonds is 4. The van der Waals surface area contributed by atoms with E-state index >= 15 is 0 Å². The maximum absolute atomic E-state index is 12.6. The third kappa shape index (κ3) is 2.78. The van der Waals surface area contributed by atoms with Gasteiger partial charge in [-0.3, -0.25) is 4.79 Å². The van der Waals surface area contributed by atoms with Crippen molar-refractivity contribution >= 4 is 22.6 Å². The summed E-state index contributed by atoms with van der Waals surface area (Å²) in [5.74, 6) is 0.474. The lowest BCUT2D eigenvalue weighted by atomic mass is 10.1. The molecule has 3 N–H and O–H groups in total. The maximum atomic E-state index is 12.6. The number of carbonyl (C=O) groups is 1. The highest BCUT2D eigenvalue weighted by atomic mass is 16.5. The highest BCUT2D eigenvalue weighted by Gasteiger charge is 2.15. The van der Waals surface area contributed by atoms with E-state index in [4.69, 9.17) is 10.5 Å². The molecule has 1 heterocycles. The van der Waals surface area contributed by atoms with Gasteiger partial charge in [0.05, 0.1) is 18.1 Å². The summed E-state index contributed by atoms with van der Waals surface area (Å²) in [6.45, 7) is 1.84. The number of aromatic amines is 1. The number of hydrogen-bond donors (Lipinski definition) is 2. The van der Waals surface area contributed by atoms with E-state index in [-0.39, 0.29) is 12.3 Å². The number of para-hydroxylation sites is 1. The summed E-state index contributed by atoms with van der Waals surface area (Å²) in [6.07, 6.45) is 0.701. The molecule has 0 bridgehead atoms. The molecule has 0 amide bonds. The molecule has 0 aliphatic rings. The summed E-state index contributed by atoms with van der Waals surface area (Å²) in [5, 5.41) is 0. The Morgan fingerprint density at radius 2 is 2.04 bits per heavy atom. The number of benzene rings is 2. The molecule has 0 radical (unpaired) electrons. The first-order chi connectivity index (χ1) is 11.5. The van der Waals surface area contributed by atoms with Crippen LogP contribution < -0.4 is 16.2 Å². The fourth-order valence-electron chi connectivity index (χ4n) is 2.79. The van der Waals surface area contributed by atoms with Gasteiger partial charge in [-0.05, 0) is 42.7 Å². The third-order valence-corrected chi connectivity index (χ3v) is 4.12. The topological polar surface area (TPSA) is 90.1 Å². The number of nitrogen functional groups attached to an aromatic ring is 1. The number of aromatic nitrogens is 2. The van der Waals surface area contributed by atoms with Gasteiger partial charge in [0, 0.05) is 12.1 Å². The van der Waals surface area contributed by atoms with Gasteiger partial charge in [0.15, 0.2) is 0 Å². The molecule has 124 valence electrons.